The number of rotatable bonds is 3. The van der Waals surface area contributed by atoms with Crippen LogP contribution < -0.4 is 0 Å². The molecule has 1 aromatic heterocycles. The number of fused-ring (bicyclic) bond motifs is 3. The van der Waals surface area contributed by atoms with Crippen LogP contribution in [0, 0.1) is 0 Å². The highest BCUT2D eigenvalue weighted by Gasteiger charge is 2.20. The molecule has 0 unspecified atom stereocenters. The van der Waals surface area contributed by atoms with Crippen LogP contribution in [0.25, 0.3) is 10.9 Å². The minimum Gasteiger partial charge on any atom is -0.457 e. The first kappa shape index (κ1) is 15.3. The van der Waals surface area contributed by atoms with Gasteiger partial charge in [-0.1, -0.05) is 41.9 Å². The summed E-state index contributed by atoms with van der Waals surface area (Å²) in [4.78, 5) is 16.0. The summed E-state index contributed by atoms with van der Waals surface area (Å²) in [6.45, 7) is 0.176. The number of hydrogen-bond donors (Lipinski definition) is 1. The van der Waals surface area contributed by atoms with E-state index in [0.717, 1.165) is 29.3 Å². The van der Waals surface area contributed by atoms with Crippen LogP contribution in [0.4, 0.5) is 0 Å². The highest BCUT2D eigenvalue weighted by Crippen LogP contribution is 2.31. The number of aryl methyl sites for hydroxylation is 2. The molecule has 0 atom stereocenters. The van der Waals surface area contributed by atoms with Gasteiger partial charge in [-0.2, -0.15) is 0 Å². The molecule has 1 heterocycles. The Morgan fingerprint density at radius 3 is 2.79 bits per heavy atom. The molecule has 1 aliphatic rings. The number of carbonyl (C=O) groups excluding carboxylic acids is 1. The highest BCUT2D eigenvalue weighted by molar-refractivity contribution is 6.31. The summed E-state index contributed by atoms with van der Waals surface area (Å²) >= 11 is 6.12. The topological polar surface area (TPSA) is 42.1 Å². The first-order valence-electron chi connectivity index (χ1n) is 8.27. The third-order valence-corrected chi connectivity index (χ3v) is 5.04. The van der Waals surface area contributed by atoms with Crippen LogP contribution in [0.15, 0.2) is 42.5 Å². The Hall–Kier alpha value is -2.26. The predicted octanol–water partition coefficient (Wildman–Crippen LogP) is 5.06. The van der Waals surface area contributed by atoms with E-state index in [2.05, 4.69) is 11.1 Å². The smallest absolute Gasteiger partial charge is 0.340 e. The molecular formula is C20H18ClNO2. The van der Waals surface area contributed by atoms with Crippen molar-refractivity contribution in [3.8, 4) is 0 Å². The van der Waals surface area contributed by atoms with Crippen molar-refractivity contribution < 1.29 is 9.53 Å². The number of aromatic amines is 1. The molecule has 4 rings (SSSR count). The average molecular weight is 340 g/mol. The molecule has 122 valence electrons. The van der Waals surface area contributed by atoms with Gasteiger partial charge in [0.15, 0.2) is 0 Å². The van der Waals surface area contributed by atoms with E-state index in [1.807, 2.05) is 30.3 Å². The van der Waals surface area contributed by atoms with Crippen molar-refractivity contribution in [1.29, 1.82) is 0 Å². The van der Waals surface area contributed by atoms with E-state index in [9.17, 15) is 4.79 Å². The Morgan fingerprint density at radius 1 is 1.08 bits per heavy atom. The second-order valence-electron chi connectivity index (χ2n) is 6.18. The van der Waals surface area contributed by atoms with Gasteiger partial charge in [-0.05, 0) is 43.4 Å². The summed E-state index contributed by atoms with van der Waals surface area (Å²) in [5, 5.41) is 1.76. The molecule has 3 nitrogen and oxygen atoms in total. The molecular weight excluding hydrogens is 322 g/mol. The number of H-pyrrole nitrogens is 1. The van der Waals surface area contributed by atoms with Crippen molar-refractivity contribution in [2.45, 2.75) is 32.3 Å². The third-order valence-electron chi connectivity index (χ3n) is 4.67. The maximum absolute atomic E-state index is 12.6. The van der Waals surface area contributed by atoms with Crippen LogP contribution in [-0.4, -0.2) is 11.0 Å². The number of nitrogens with one attached hydrogen (secondary N) is 1. The van der Waals surface area contributed by atoms with Gasteiger partial charge >= 0.3 is 5.97 Å². The Balaban J connectivity index is 1.63. The summed E-state index contributed by atoms with van der Waals surface area (Å²) in [6.07, 6.45) is 4.54. The van der Waals surface area contributed by atoms with Crippen molar-refractivity contribution in [1.82, 2.24) is 4.98 Å². The van der Waals surface area contributed by atoms with Crippen molar-refractivity contribution >= 4 is 28.5 Å². The average Bonchev–Trinajstić information content (AvgIpc) is 2.99. The van der Waals surface area contributed by atoms with Gasteiger partial charge in [-0.3, -0.25) is 0 Å². The molecule has 0 fully saturated rings. The second kappa shape index (κ2) is 6.33. The summed E-state index contributed by atoms with van der Waals surface area (Å²) in [7, 11) is 0. The maximum atomic E-state index is 12.6. The number of para-hydroxylation sites is 1. The van der Waals surface area contributed by atoms with Crippen LogP contribution in [0.1, 0.15) is 40.0 Å². The molecule has 0 radical (unpaired) electrons. The number of carbonyl (C=O) groups is 1. The van der Waals surface area contributed by atoms with Gasteiger partial charge in [-0.15, -0.1) is 0 Å². The molecule has 24 heavy (non-hydrogen) atoms. The number of esters is 1. The molecule has 0 saturated heterocycles. The molecule has 0 aliphatic heterocycles. The van der Waals surface area contributed by atoms with E-state index in [1.165, 1.54) is 24.1 Å². The van der Waals surface area contributed by atoms with Crippen LogP contribution in [0.2, 0.25) is 5.02 Å². The van der Waals surface area contributed by atoms with E-state index in [0.29, 0.717) is 10.6 Å². The van der Waals surface area contributed by atoms with E-state index < -0.39 is 0 Å². The minimum atomic E-state index is -0.320. The van der Waals surface area contributed by atoms with E-state index in [1.54, 1.807) is 6.07 Å². The molecule has 0 bridgehead atoms. The van der Waals surface area contributed by atoms with Gasteiger partial charge in [0.05, 0.1) is 11.1 Å². The summed E-state index contributed by atoms with van der Waals surface area (Å²) in [5.74, 6) is -0.320. The van der Waals surface area contributed by atoms with Gasteiger partial charge in [0, 0.05) is 21.7 Å². The normalized spacial score (nSPS) is 13.7. The molecule has 0 amide bonds. The molecule has 3 aromatic rings. The second-order valence-corrected chi connectivity index (χ2v) is 6.59. The fraction of sp³-hybridized carbons (Fsp3) is 0.250. The van der Waals surface area contributed by atoms with Crippen LogP contribution in [-0.2, 0) is 24.2 Å². The Labute approximate surface area is 145 Å². The summed E-state index contributed by atoms with van der Waals surface area (Å²) in [5.41, 5.74) is 4.92. The first-order valence-corrected chi connectivity index (χ1v) is 8.65. The van der Waals surface area contributed by atoms with Crippen LogP contribution >= 0.6 is 11.6 Å². The number of halogens is 1. The number of ether oxygens (including phenoxy) is 1. The fourth-order valence-corrected chi connectivity index (χ4v) is 3.63. The molecule has 4 heteroatoms. The standard InChI is InChI=1S/C20H18ClNO2/c21-17-10-3-1-6-13(17)12-24-20(23)16-9-5-8-15-14-7-2-4-11-18(14)22-19(15)16/h1,3,5-6,8-10,22H,2,4,7,11-12H2. The lowest BCUT2D eigenvalue weighted by Gasteiger charge is -2.10. The Morgan fingerprint density at radius 2 is 1.92 bits per heavy atom. The van der Waals surface area contributed by atoms with Crippen molar-refractivity contribution in [2.75, 3.05) is 0 Å². The summed E-state index contributed by atoms with van der Waals surface area (Å²) in [6, 6.07) is 13.2. The molecule has 1 aliphatic carbocycles. The lowest BCUT2D eigenvalue weighted by atomic mass is 9.95. The third kappa shape index (κ3) is 2.69. The largest absolute Gasteiger partial charge is 0.457 e. The minimum absolute atomic E-state index is 0.176. The zero-order valence-corrected chi connectivity index (χ0v) is 14.0. The number of aromatic nitrogens is 1. The lowest BCUT2D eigenvalue weighted by molar-refractivity contribution is 0.0475. The van der Waals surface area contributed by atoms with E-state index in [-0.39, 0.29) is 12.6 Å². The molecule has 2 aromatic carbocycles. The fourth-order valence-electron chi connectivity index (χ4n) is 3.44. The van der Waals surface area contributed by atoms with Gasteiger partial charge in [-0.25, -0.2) is 4.79 Å². The Kier molecular flexibility index (Phi) is 4.03. The quantitative estimate of drug-likeness (QED) is 0.678. The summed E-state index contributed by atoms with van der Waals surface area (Å²) < 4.78 is 5.49. The highest BCUT2D eigenvalue weighted by atomic mass is 35.5. The number of benzene rings is 2. The van der Waals surface area contributed by atoms with Crippen molar-refractivity contribution in [3.05, 3.63) is 69.9 Å². The molecule has 1 N–H and O–H groups in total. The zero-order chi connectivity index (χ0) is 16.5. The maximum Gasteiger partial charge on any atom is 0.340 e. The predicted molar refractivity (Wildman–Crippen MR) is 95.5 cm³/mol. The van der Waals surface area contributed by atoms with Crippen molar-refractivity contribution in [3.63, 3.8) is 0 Å². The molecule has 0 spiro atoms. The van der Waals surface area contributed by atoms with Crippen LogP contribution in [0.3, 0.4) is 0 Å². The van der Waals surface area contributed by atoms with Gasteiger partial charge in [0.25, 0.3) is 0 Å². The van der Waals surface area contributed by atoms with E-state index in [4.69, 9.17) is 16.3 Å². The zero-order valence-electron chi connectivity index (χ0n) is 13.3. The van der Waals surface area contributed by atoms with Crippen molar-refractivity contribution in [2.24, 2.45) is 0 Å². The SMILES string of the molecule is O=C(OCc1ccccc1Cl)c1cccc2c3c([nH]c12)CCCC3. The first-order chi connectivity index (χ1) is 11.7. The van der Waals surface area contributed by atoms with Gasteiger partial charge in [0.1, 0.15) is 6.61 Å². The van der Waals surface area contributed by atoms with Gasteiger partial charge < -0.3 is 9.72 Å². The van der Waals surface area contributed by atoms with Gasteiger partial charge in [0.2, 0.25) is 0 Å². The lowest BCUT2D eigenvalue weighted by Crippen LogP contribution is -2.06. The van der Waals surface area contributed by atoms with Crippen LogP contribution in [0.5, 0.6) is 0 Å². The van der Waals surface area contributed by atoms with E-state index >= 15 is 0 Å². The monoisotopic (exact) mass is 339 g/mol. The molecule has 0 saturated carbocycles. The number of hydrogen-bond acceptors (Lipinski definition) is 2. The Bertz CT molecular complexity index is 913.